The van der Waals surface area contributed by atoms with Gasteiger partial charge in [0.05, 0.1) is 0 Å². The van der Waals surface area contributed by atoms with Gasteiger partial charge in [0.1, 0.15) is 5.60 Å². The molecule has 1 saturated carbocycles. The quantitative estimate of drug-likeness (QED) is 0.441. The average Bonchev–Trinajstić information content (AvgIpc) is 2.42. The van der Waals surface area contributed by atoms with E-state index in [-0.39, 0.29) is 5.60 Å². The van der Waals surface area contributed by atoms with Crippen LogP contribution in [0.15, 0.2) is 11.6 Å². The summed E-state index contributed by atoms with van der Waals surface area (Å²) in [7, 11) is 0. The van der Waals surface area contributed by atoms with E-state index in [1.165, 1.54) is 18.4 Å². The predicted molar refractivity (Wildman–Crippen MR) is 39.2 cm³/mol. The third-order valence-electron chi connectivity index (χ3n) is 2.78. The van der Waals surface area contributed by atoms with E-state index in [0.717, 1.165) is 19.3 Å². The number of allylic oxidation sites excluding steroid dienone is 1. The highest BCUT2D eigenvalue weighted by atomic mass is 16.6. The molecule has 0 saturated heterocycles. The minimum Gasteiger partial charge on any atom is -0.294 e. The van der Waals surface area contributed by atoms with Gasteiger partial charge in [-0.15, -0.1) is 0 Å². The second-order valence-electron chi connectivity index (χ2n) is 3.23. The Kier molecular flexibility index (Phi) is 1.32. The monoisotopic (exact) mass is 139 g/mol. The Bertz CT molecular complexity index is 176. The van der Waals surface area contributed by atoms with Gasteiger partial charge in [-0.3, -0.25) is 4.84 Å². The van der Waals surface area contributed by atoms with Gasteiger partial charge in [0.25, 0.3) is 0 Å². The van der Waals surface area contributed by atoms with Crippen LogP contribution >= 0.6 is 0 Å². The highest BCUT2D eigenvalue weighted by Gasteiger charge is 2.41. The van der Waals surface area contributed by atoms with E-state index in [2.05, 4.69) is 6.08 Å². The van der Waals surface area contributed by atoms with E-state index in [9.17, 15) is 0 Å². The summed E-state index contributed by atoms with van der Waals surface area (Å²) in [6.45, 7) is 0. The minimum atomic E-state index is -0.0139. The van der Waals surface area contributed by atoms with Gasteiger partial charge < -0.3 is 0 Å². The van der Waals surface area contributed by atoms with Gasteiger partial charge >= 0.3 is 0 Å². The molecule has 0 spiro atoms. The van der Waals surface area contributed by atoms with Crippen LogP contribution in [0.4, 0.5) is 0 Å². The van der Waals surface area contributed by atoms with Crippen molar-refractivity contribution in [1.82, 2.24) is 0 Å². The lowest BCUT2D eigenvalue weighted by atomic mass is 9.99. The van der Waals surface area contributed by atoms with Crippen molar-refractivity contribution in [2.24, 2.45) is 5.90 Å². The topological polar surface area (TPSA) is 35.2 Å². The molecule has 2 heteroatoms. The Morgan fingerprint density at radius 2 is 2.40 bits per heavy atom. The molecule has 0 radical (unpaired) electrons. The molecule has 56 valence electrons. The Morgan fingerprint density at radius 1 is 1.50 bits per heavy atom. The molecule has 0 aromatic rings. The lowest BCUT2D eigenvalue weighted by Gasteiger charge is -2.23. The molecule has 1 fully saturated rings. The zero-order chi connectivity index (χ0) is 7.03. The standard InChI is InChI=1S/C8H13NO/c9-10-8-5-1-3-7(8)4-2-6-8/h3H,1-2,4-6,9H2. The molecule has 0 aromatic carbocycles. The lowest BCUT2D eigenvalue weighted by Crippen LogP contribution is -2.31. The fourth-order valence-corrected chi connectivity index (χ4v) is 2.20. The third kappa shape index (κ3) is 0.662. The molecule has 1 unspecified atom stereocenters. The van der Waals surface area contributed by atoms with E-state index in [1.54, 1.807) is 0 Å². The SMILES string of the molecule is NOC12CCC=C1CCC2. The van der Waals surface area contributed by atoms with Crippen LogP contribution in [-0.4, -0.2) is 5.60 Å². The van der Waals surface area contributed by atoms with Gasteiger partial charge in [0.2, 0.25) is 0 Å². The van der Waals surface area contributed by atoms with Crippen molar-refractivity contribution in [3.63, 3.8) is 0 Å². The van der Waals surface area contributed by atoms with Crippen molar-refractivity contribution in [2.75, 3.05) is 0 Å². The largest absolute Gasteiger partial charge is 0.294 e. The van der Waals surface area contributed by atoms with Crippen LogP contribution in [0.2, 0.25) is 0 Å². The fraction of sp³-hybridized carbons (Fsp3) is 0.750. The number of nitrogens with two attached hydrogens (primary N) is 1. The molecule has 0 amide bonds. The molecule has 2 nitrogen and oxygen atoms in total. The molecule has 10 heavy (non-hydrogen) atoms. The molecule has 0 bridgehead atoms. The van der Waals surface area contributed by atoms with Crippen LogP contribution < -0.4 is 5.90 Å². The average molecular weight is 139 g/mol. The van der Waals surface area contributed by atoms with Gasteiger partial charge in [-0.2, -0.15) is 0 Å². The van der Waals surface area contributed by atoms with E-state index in [0.29, 0.717) is 0 Å². The zero-order valence-corrected chi connectivity index (χ0v) is 6.10. The van der Waals surface area contributed by atoms with Crippen LogP contribution in [0.3, 0.4) is 0 Å². The van der Waals surface area contributed by atoms with Crippen LogP contribution in [0.1, 0.15) is 32.1 Å². The van der Waals surface area contributed by atoms with Gasteiger partial charge in [0.15, 0.2) is 0 Å². The fourth-order valence-electron chi connectivity index (χ4n) is 2.20. The van der Waals surface area contributed by atoms with Crippen molar-refractivity contribution in [3.05, 3.63) is 11.6 Å². The normalized spacial score (nSPS) is 37.9. The summed E-state index contributed by atoms with van der Waals surface area (Å²) in [6, 6.07) is 0. The number of fused-ring (bicyclic) bond motifs is 1. The van der Waals surface area contributed by atoms with Crippen molar-refractivity contribution in [2.45, 2.75) is 37.7 Å². The number of hydrogen-bond acceptors (Lipinski definition) is 2. The van der Waals surface area contributed by atoms with Crippen LogP contribution in [-0.2, 0) is 4.84 Å². The molecular weight excluding hydrogens is 126 g/mol. The van der Waals surface area contributed by atoms with Crippen LogP contribution in [0.5, 0.6) is 0 Å². The molecule has 0 aliphatic heterocycles. The summed E-state index contributed by atoms with van der Waals surface area (Å²) >= 11 is 0. The van der Waals surface area contributed by atoms with Crippen molar-refractivity contribution in [1.29, 1.82) is 0 Å². The highest BCUT2D eigenvalue weighted by molar-refractivity contribution is 5.26. The summed E-state index contributed by atoms with van der Waals surface area (Å²) in [5, 5.41) is 0. The maximum Gasteiger partial charge on any atom is 0.111 e. The molecule has 2 N–H and O–H groups in total. The minimum absolute atomic E-state index is 0.0139. The first-order valence-electron chi connectivity index (χ1n) is 3.95. The van der Waals surface area contributed by atoms with E-state index in [4.69, 9.17) is 10.7 Å². The third-order valence-corrected chi connectivity index (χ3v) is 2.78. The summed E-state index contributed by atoms with van der Waals surface area (Å²) in [4.78, 5) is 5.05. The second kappa shape index (κ2) is 2.07. The predicted octanol–water partition coefficient (Wildman–Crippen LogP) is 1.52. The summed E-state index contributed by atoms with van der Waals surface area (Å²) in [5.41, 5.74) is 1.44. The maximum atomic E-state index is 5.27. The maximum absolute atomic E-state index is 5.27. The first-order valence-corrected chi connectivity index (χ1v) is 3.95. The Balaban J connectivity index is 2.27. The highest BCUT2D eigenvalue weighted by Crippen LogP contribution is 2.44. The Hall–Kier alpha value is -0.340. The summed E-state index contributed by atoms with van der Waals surface area (Å²) in [6.07, 6.45) is 8.15. The molecule has 1 atom stereocenters. The zero-order valence-electron chi connectivity index (χ0n) is 6.10. The number of hydrogen-bond donors (Lipinski definition) is 1. The van der Waals surface area contributed by atoms with Crippen LogP contribution in [0.25, 0.3) is 0 Å². The van der Waals surface area contributed by atoms with E-state index in [1.807, 2.05) is 0 Å². The Morgan fingerprint density at radius 3 is 3.10 bits per heavy atom. The van der Waals surface area contributed by atoms with Gasteiger partial charge in [-0.25, -0.2) is 5.90 Å². The summed E-state index contributed by atoms with van der Waals surface area (Å²) < 4.78 is 0. The van der Waals surface area contributed by atoms with Crippen molar-refractivity contribution in [3.8, 4) is 0 Å². The smallest absolute Gasteiger partial charge is 0.111 e. The first-order chi connectivity index (χ1) is 4.87. The first kappa shape index (κ1) is 6.38. The van der Waals surface area contributed by atoms with Crippen molar-refractivity contribution < 1.29 is 4.84 Å². The van der Waals surface area contributed by atoms with Gasteiger partial charge in [0, 0.05) is 0 Å². The van der Waals surface area contributed by atoms with Crippen molar-refractivity contribution >= 4 is 0 Å². The molecule has 2 aliphatic carbocycles. The molecular formula is C8H13NO. The molecule has 2 rings (SSSR count). The number of rotatable bonds is 1. The van der Waals surface area contributed by atoms with E-state index >= 15 is 0 Å². The van der Waals surface area contributed by atoms with E-state index < -0.39 is 0 Å². The van der Waals surface area contributed by atoms with Crippen LogP contribution in [0, 0.1) is 0 Å². The molecule has 2 aliphatic rings. The lowest BCUT2D eigenvalue weighted by molar-refractivity contribution is -0.0139. The molecule has 0 heterocycles. The second-order valence-corrected chi connectivity index (χ2v) is 3.23. The van der Waals surface area contributed by atoms with Gasteiger partial charge in [-0.1, -0.05) is 6.08 Å². The molecule has 0 aromatic heterocycles. The summed E-state index contributed by atoms with van der Waals surface area (Å²) in [5.74, 6) is 5.27. The Labute approximate surface area is 61.0 Å². The van der Waals surface area contributed by atoms with Gasteiger partial charge in [-0.05, 0) is 37.7 Å².